The fraction of sp³-hybridized carbons (Fsp3) is 0.300. The van der Waals surface area contributed by atoms with Gasteiger partial charge in [-0.1, -0.05) is 18.2 Å². The number of fused-ring (bicyclic) bond motifs is 1. The molecule has 0 radical (unpaired) electrons. The molecule has 0 bridgehead atoms. The van der Waals surface area contributed by atoms with Crippen molar-refractivity contribution in [2.24, 2.45) is 15.9 Å². The lowest BCUT2D eigenvalue weighted by atomic mass is 9.96. The molecule has 0 fully saturated rings. The predicted octanol–water partition coefficient (Wildman–Crippen LogP) is 0.489. The average Bonchev–Trinajstić information content (AvgIpc) is 2.17. The third-order valence-electron chi connectivity index (χ3n) is 2.11. The van der Waals surface area contributed by atoms with Crippen LogP contribution in [0, 0.1) is 5.92 Å². The molecular weight excluding hydrogens is 180 g/mol. The molecule has 0 saturated carbocycles. The standard InChI is InChI=1S/C10H10N2O2/c1-6(13)9-11-8-5-3-2-4-7(8)10(14)12-9/h2-7,13H,1H3/t6-,7?/m0/s1. The molecule has 14 heavy (non-hydrogen) atoms. The molecule has 0 aromatic heterocycles. The summed E-state index contributed by atoms with van der Waals surface area (Å²) in [5, 5.41) is 9.25. The van der Waals surface area contributed by atoms with Crippen LogP contribution >= 0.6 is 0 Å². The molecule has 1 N–H and O–H groups in total. The van der Waals surface area contributed by atoms with Gasteiger partial charge in [0.2, 0.25) is 0 Å². The third kappa shape index (κ3) is 1.44. The van der Waals surface area contributed by atoms with Crippen LogP contribution in [0.5, 0.6) is 0 Å². The summed E-state index contributed by atoms with van der Waals surface area (Å²) in [6, 6.07) is 0. The molecule has 4 nitrogen and oxygen atoms in total. The second-order valence-electron chi connectivity index (χ2n) is 3.24. The Labute approximate surface area is 81.4 Å². The van der Waals surface area contributed by atoms with E-state index < -0.39 is 6.10 Å². The van der Waals surface area contributed by atoms with E-state index in [0.29, 0.717) is 5.71 Å². The van der Waals surface area contributed by atoms with Crippen LogP contribution in [0.4, 0.5) is 0 Å². The lowest BCUT2D eigenvalue weighted by molar-refractivity contribution is -0.118. The second kappa shape index (κ2) is 3.31. The average molecular weight is 190 g/mol. The highest BCUT2D eigenvalue weighted by Crippen LogP contribution is 2.16. The monoisotopic (exact) mass is 190 g/mol. The molecule has 2 atom stereocenters. The summed E-state index contributed by atoms with van der Waals surface area (Å²) in [4.78, 5) is 19.3. The fourth-order valence-corrected chi connectivity index (χ4v) is 1.37. The zero-order valence-electron chi connectivity index (χ0n) is 7.71. The fourth-order valence-electron chi connectivity index (χ4n) is 1.37. The summed E-state index contributed by atoms with van der Waals surface area (Å²) in [5.74, 6) is -0.421. The number of allylic oxidation sites excluding steroid dienone is 3. The quantitative estimate of drug-likeness (QED) is 0.654. The number of rotatable bonds is 1. The molecule has 1 aliphatic heterocycles. The number of amides is 1. The van der Waals surface area contributed by atoms with Gasteiger partial charge in [-0.15, -0.1) is 0 Å². The number of carbonyl (C=O) groups excluding carboxylic acids is 1. The van der Waals surface area contributed by atoms with E-state index in [1.807, 2.05) is 6.08 Å². The molecule has 0 spiro atoms. The molecule has 0 aromatic carbocycles. The SMILES string of the molecule is C[C@H](O)C1=NC(=O)C2C=CC=CC2=N1. The van der Waals surface area contributed by atoms with Gasteiger partial charge in [0, 0.05) is 0 Å². The van der Waals surface area contributed by atoms with Crippen LogP contribution in [0.15, 0.2) is 34.3 Å². The molecule has 1 unspecified atom stereocenters. The van der Waals surface area contributed by atoms with Gasteiger partial charge in [-0.25, -0.2) is 4.99 Å². The summed E-state index contributed by atoms with van der Waals surface area (Å²) in [5.41, 5.74) is 0.656. The highest BCUT2D eigenvalue weighted by molar-refractivity contribution is 6.21. The molecule has 2 aliphatic rings. The molecule has 1 amide bonds. The van der Waals surface area contributed by atoms with Crippen molar-refractivity contribution >= 4 is 17.5 Å². The van der Waals surface area contributed by atoms with Gasteiger partial charge >= 0.3 is 0 Å². The number of aliphatic hydroxyl groups is 1. The van der Waals surface area contributed by atoms with Crippen molar-refractivity contribution in [2.75, 3.05) is 0 Å². The molecule has 72 valence electrons. The van der Waals surface area contributed by atoms with Gasteiger partial charge in [0.05, 0.1) is 5.71 Å². The molecule has 0 aromatic rings. The van der Waals surface area contributed by atoms with E-state index in [1.54, 1.807) is 25.2 Å². The minimum absolute atomic E-state index is 0.196. The normalized spacial score (nSPS) is 26.7. The van der Waals surface area contributed by atoms with Crippen molar-refractivity contribution in [1.29, 1.82) is 0 Å². The third-order valence-corrected chi connectivity index (χ3v) is 2.11. The first-order chi connectivity index (χ1) is 6.68. The van der Waals surface area contributed by atoms with Gasteiger partial charge in [-0.2, -0.15) is 4.99 Å². The van der Waals surface area contributed by atoms with Crippen molar-refractivity contribution in [3.05, 3.63) is 24.3 Å². The van der Waals surface area contributed by atoms with Gasteiger partial charge in [0.15, 0.2) is 5.84 Å². The first-order valence-electron chi connectivity index (χ1n) is 4.42. The van der Waals surface area contributed by atoms with E-state index in [9.17, 15) is 9.90 Å². The van der Waals surface area contributed by atoms with Crippen molar-refractivity contribution in [2.45, 2.75) is 13.0 Å². The second-order valence-corrected chi connectivity index (χ2v) is 3.24. The largest absolute Gasteiger partial charge is 0.385 e. The number of aliphatic hydroxyl groups excluding tert-OH is 1. The highest BCUT2D eigenvalue weighted by atomic mass is 16.3. The smallest absolute Gasteiger partial charge is 0.260 e. The van der Waals surface area contributed by atoms with Crippen LogP contribution in [-0.4, -0.2) is 28.7 Å². The summed E-state index contributed by atoms with van der Waals surface area (Å²) in [6.45, 7) is 1.54. The molecule has 1 aliphatic carbocycles. The van der Waals surface area contributed by atoms with Gasteiger partial charge in [0.1, 0.15) is 12.0 Å². The molecular formula is C10H10N2O2. The number of aliphatic imine (C=N–C) groups is 2. The predicted molar refractivity (Wildman–Crippen MR) is 53.3 cm³/mol. The van der Waals surface area contributed by atoms with Gasteiger partial charge < -0.3 is 5.11 Å². The number of amidine groups is 1. The van der Waals surface area contributed by atoms with Crippen LogP contribution in [0.3, 0.4) is 0 Å². The number of nitrogens with zero attached hydrogens (tertiary/aromatic N) is 2. The summed E-state index contributed by atoms with van der Waals surface area (Å²) in [7, 11) is 0. The van der Waals surface area contributed by atoms with Crippen LogP contribution in [0.1, 0.15) is 6.92 Å². The first-order valence-corrected chi connectivity index (χ1v) is 4.42. The number of hydrogen-bond donors (Lipinski definition) is 1. The van der Waals surface area contributed by atoms with Crippen LogP contribution < -0.4 is 0 Å². The van der Waals surface area contributed by atoms with Gasteiger partial charge in [-0.3, -0.25) is 4.79 Å². The zero-order chi connectivity index (χ0) is 10.1. The van der Waals surface area contributed by atoms with Crippen molar-refractivity contribution in [1.82, 2.24) is 0 Å². The summed E-state index contributed by atoms with van der Waals surface area (Å²) >= 11 is 0. The van der Waals surface area contributed by atoms with E-state index in [4.69, 9.17) is 0 Å². The van der Waals surface area contributed by atoms with Crippen molar-refractivity contribution < 1.29 is 9.90 Å². The minimum atomic E-state index is -0.799. The van der Waals surface area contributed by atoms with Crippen molar-refractivity contribution in [3.8, 4) is 0 Å². The topological polar surface area (TPSA) is 62.0 Å². The number of hydrogen-bond acceptors (Lipinski definition) is 3. The van der Waals surface area contributed by atoms with E-state index in [1.165, 1.54) is 0 Å². The van der Waals surface area contributed by atoms with Gasteiger partial charge in [0.25, 0.3) is 5.91 Å². The molecule has 1 heterocycles. The Kier molecular flexibility index (Phi) is 2.13. The first kappa shape index (κ1) is 9.02. The lowest BCUT2D eigenvalue weighted by Crippen LogP contribution is -2.30. The van der Waals surface area contributed by atoms with E-state index in [-0.39, 0.29) is 17.7 Å². The molecule has 4 heteroatoms. The Morgan fingerprint density at radius 1 is 1.43 bits per heavy atom. The Hall–Kier alpha value is -1.55. The Morgan fingerprint density at radius 2 is 2.21 bits per heavy atom. The summed E-state index contributed by atoms with van der Waals surface area (Å²) < 4.78 is 0. The maximum atomic E-state index is 11.5. The van der Waals surface area contributed by atoms with Crippen LogP contribution in [-0.2, 0) is 4.79 Å². The maximum Gasteiger partial charge on any atom is 0.260 e. The van der Waals surface area contributed by atoms with Gasteiger partial charge in [-0.05, 0) is 13.0 Å². The van der Waals surface area contributed by atoms with E-state index in [0.717, 1.165) is 0 Å². The minimum Gasteiger partial charge on any atom is -0.385 e. The Morgan fingerprint density at radius 3 is 2.93 bits per heavy atom. The zero-order valence-corrected chi connectivity index (χ0v) is 7.71. The molecule has 0 saturated heterocycles. The summed E-state index contributed by atoms with van der Waals surface area (Å²) in [6.07, 6.45) is 6.33. The molecule has 2 rings (SSSR count). The number of carbonyl (C=O) groups is 1. The van der Waals surface area contributed by atoms with E-state index >= 15 is 0 Å². The Balaban J connectivity index is 2.38. The van der Waals surface area contributed by atoms with Crippen LogP contribution in [0.2, 0.25) is 0 Å². The van der Waals surface area contributed by atoms with E-state index in [2.05, 4.69) is 9.98 Å². The Bertz CT molecular complexity index is 389. The highest BCUT2D eigenvalue weighted by Gasteiger charge is 2.27. The van der Waals surface area contributed by atoms with Crippen LogP contribution in [0.25, 0.3) is 0 Å². The maximum absolute atomic E-state index is 11.5. The lowest BCUT2D eigenvalue weighted by Gasteiger charge is -2.18. The van der Waals surface area contributed by atoms with Crippen molar-refractivity contribution in [3.63, 3.8) is 0 Å².